The van der Waals surface area contributed by atoms with Gasteiger partial charge in [0.15, 0.2) is 5.75 Å². The number of nitrogens with zero attached hydrogens (tertiary/aromatic N) is 1. The minimum atomic E-state index is -6.95. The SMILES string of the molecule is COc1c(NC(=O)c2cc(Cl)nc(Cl)c2)cccc1C(=O)Nc1c(Cl)cc(C(F)(C(F)(F)F)C(F)(F)C(F)(F)F)cc1Br. The van der Waals surface area contributed by atoms with Crippen molar-refractivity contribution in [3.05, 3.63) is 79.0 Å². The number of hydrogen-bond donors (Lipinski definition) is 2. The van der Waals surface area contributed by atoms with Crippen molar-refractivity contribution in [3.8, 4) is 5.75 Å². The fourth-order valence-electron chi connectivity index (χ4n) is 3.62. The third-order valence-corrected chi connectivity index (χ3v) is 6.91. The van der Waals surface area contributed by atoms with Crippen LogP contribution in [0.25, 0.3) is 0 Å². The zero-order valence-corrected chi connectivity index (χ0v) is 24.5. The summed E-state index contributed by atoms with van der Waals surface area (Å²) in [6.45, 7) is 0. The van der Waals surface area contributed by atoms with Gasteiger partial charge < -0.3 is 15.4 Å². The number of halogens is 13. The summed E-state index contributed by atoms with van der Waals surface area (Å²) in [6.07, 6.45) is -13.7. The third kappa shape index (κ3) is 6.61. The highest BCUT2D eigenvalue weighted by Gasteiger charge is 2.81. The number of hydrogen-bond acceptors (Lipinski definition) is 4. The van der Waals surface area contributed by atoms with Crippen molar-refractivity contribution in [1.29, 1.82) is 0 Å². The highest BCUT2D eigenvalue weighted by molar-refractivity contribution is 9.10. The smallest absolute Gasteiger partial charge is 0.457 e. The number of para-hydroxylation sites is 1. The lowest BCUT2D eigenvalue weighted by Gasteiger charge is -2.36. The van der Waals surface area contributed by atoms with Crippen LogP contribution in [0.1, 0.15) is 26.3 Å². The molecule has 0 bridgehead atoms. The summed E-state index contributed by atoms with van der Waals surface area (Å²) in [5, 5.41) is 3.31. The number of amides is 2. The van der Waals surface area contributed by atoms with Crippen LogP contribution < -0.4 is 15.4 Å². The lowest BCUT2D eigenvalue weighted by atomic mass is 9.87. The molecular weight excluding hydrogens is 736 g/mol. The van der Waals surface area contributed by atoms with Crippen molar-refractivity contribution in [2.45, 2.75) is 23.9 Å². The van der Waals surface area contributed by atoms with Crippen LogP contribution in [0.5, 0.6) is 5.75 Å². The van der Waals surface area contributed by atoms with Crippen molar-refractivity contribution >= 4 is 73.9 Å². The van der Waals surface area contributed by atoms with Crippen molar-refractivity contribution in [1.82, 2.24) is 4.98 Å². The molecule has 0 aliphatic carbocycles. The molecule has 0 spiro atoms. The summed E-state index contributed by atoms with van der Waals surface area (Å²) in [6, 6.07) is 5.96. The van der Waals surface area contributed by atoms with Crippen LogP contribution in [0.2, 0.25) is 15.3 Å². The number of rotatable bonds is 7. The molecule has 0 aliphatic heterocycles. The van der Waals surface area contributed by atoms with E-state index in [1.807, 2.05) is 0 Å². The fourth-order valence-corrected chi connectivity index (χ4v) is 5.02. The van der Waals surface area contributed by atoms with Crippen LogP contribution in [0.15, 0.2) is 46.9 Å². The number of pyridine rings is 1. The molecule has 3 rings (SSSR count). The molecular formula is C24H12BrCl3F9N3O3. The maximum Gasteiger partial charge on any atom is 0.457 e. The monoisotopic (exact) mass is 745 g/mol. The molecule has 2 amide bonds. The van der Waals surface area contributed by atoms with Crippen molar-refractivity contribution in [2.75, 3.05) is 17.7 Å². The third-order valence-electron chi connectivity index (χ3n) is 5.59. The molecule has 2 aromatic carbocycles. The largest absolute Gasteiger partial charge is 0.494 e. The molecule has 0 saturated carbocycles. The zero-order chi connectivity index (χ0) is 32.7. The van der Waals surface area contributed by atoms with E-state index in [2.05, 4.69) is 31.5 Å². The maximum absolute atomic E-state index is 14.9. The number of methoxy groups -OCH3 is 1. The highest BCUT2D eigenvalue weighted by atomic mass is 79.9. The summed E-state index contributed by atoms with van der Waals surface area (Å²) in [5.74, 6) is -9.07. The van der Waals surface area contributed by atoms with Crippen molar-refractivity contribution < 1.29 is 53.8 Å². The van der Waals surface area contributed by atoms with E-state index >= 15 is 0 Å². The summed E-state index contributed by atoms with van der Waals surface area (Å²) in [7, 11) is 1.11. The average Bonchev–Trinajstić information content (AvgIpc) is 2.87. The van der Waals surface area contributed by atoms with Gasteiger partial charge in [-0.05, 0) is 52.3 Å². The first-order chi connectivity index (χ1) is 19.7. The molecule has 1 heterocycles. The average molecular weight is 748 g/mol. The molecule has 232 valence electrons. The van der Waals surface area contributed by atoms with E-state index < -0.39 is 56.5 Å². The molecule has 43 heavy (non-hydrogen) atoms. The summed E-state index contributed by atoms with van der Waals surface area (Å²) in [4.78, 5) is 29.5. The number of benzene rings is 2. The minimum absolute atomic E-state index is 0.0309. The van der Waals surface area contributed by atoms with Gasteiger partial charge in [0.25, 0.3) is 11.8 Å². The maximum atomic E-state index is 14.9. The number of anilines is 2. The summed E-state index contributed by atoms with van der Waals surface area (Å²) in [5.41, 5.74) is -9.52. The molecule has 0 fully saturated rings. The topological polar surface area (TPSA) is 80.3 Å². The van der Waals surface area contributed by atoms with E-state index in [0.29, 0.717) is 0 Å². The normalized spacial score (nSPS) is 13.7. The van der Waals surface area contributed by atoms with Gasteiger partial charge in [0.05, 0.1) is 29.1 Å². The molecule has 2 N–H and O–H groups in total. The van der Waals surface area contributed by atoms with Gasteiger partial charge in [-0.25, -0.2) is 9.37 Å². The number of ether oxygens (including phenoxy) is 1. The van der Waals surface area contributed by atoms with E-state index in [4.69, 9.17) is 39.5 Å². The quantitative estimate of drug-likeness (QED) is 0.187. The lowest BCUT2D eigenvalue weighted by molar-refractivity contribution is -0.389. The lowest BCUT2D eigenvalue weighted by Crippen LogP contribution is -2.59. The van der Waals surface area contributed by atoms with Crippen molar-refractivity contribution in [2.24, 2.45) is 0 Å². The molecule has 1 unspecified atom stereocenters. The molecule has 0 saturated heterocycles. The second kappa shape index (κ2) is 12.2. The molecule has 6 nitrogen and oxygen atoms in total. The number of carbonyl (C=O) groups excluding carboxylic acids is 2. The van der Waals surface area contributed by atoms with Crippen molar-refractivity contribution in [3.63, 3.8) is 0 Å². The number of nitrogens with one attached hydrogen (secondary N) is 2. The van der Waals surface area contributed by atoms with Crippen LogP contribution in [-0.2, 0) is 5.67 Å². The van der Waals surface area contributed by atoms with Gasteiger partial charge in [0.1, 0.15) is 10.3 Å². The van der Waals surface area contributed by atoms with Gasteiger partial charge in [0.2, 0.25) is 0 Å². The Labute approximate surface area is 258 Å². The fraction of sp³-hybridized carbons (Fsp3) is 0.208. The van der Waals surface area contributed by atoms with Crippen LogP contribution in [0.4, 0.5) is 50.9 Å². The number of carbonyl (C=O) groups is 2. The summed E-state index contributed by atoms with van der Waals surface area (Å²) < 4.78 is 126. The molecule has 1 aromatic heterocycles. The molecule has 19 heteroatoms. The van der Waals surface area contributed by atoms with E-state index in [1.54, 1.807) is 0 Å². The second-order valence-corrected chi connectivity index (χ2v) is 10.4. The van der Waals surface area contributed by atoms with Crippen LogP contribution in [0.3, 0.4) is 0 Å². The van der Waals surface area contributed by atoms with E-state index in [-0.39, 0.29) is 45.0 Å². The number of aromatic nitrogens is 1. The molecule has 1 atom stereocenters. The standard InChI is InChI=1S/C24H12BrCl3F9N3O3/c1-43-18-11(3-2-4-14(18)38-19(41)9-5-15(27)39-16(28)6-9)20(42)40-17-12(25)7-10(8-13(17)26)21(29,23(32,33)34)22(30,31)24(35,36)37/h2-8H,1H3,(H,38,41)(H,40,42). The Morgan fingerprint density at radius 3 is 1.91 bits per heavy atom. The Bertz CT molecular complexity index is 1550. The first-order valence-corrected chi connectivity index (χ1v) is 12.9. The first-order valence-electron chi connectivity index (χ1n) is 11.0. The van der Waals surface area contributed by atoms with Gasteiger partial charge in [-0.2, -0.15) is 35.1 Å². The predicted molar refractivity (Wildman–Crippen MR) is 142 cm³/mol. The predicted octanol–water partition coefficient (Wildman–Crippen LogP) is 9.24. The Kier molecular flexibility index (Phi) is 9.81. The van der Waals surface area contributed by atoms with Gasteiger partial charge in [-0.3, -0.25) is 9.59 Å². The minimum Gasteiger partial charge on any atom is -0.494 e. The first kappa shape index (κ1) is 34.5. The zero-order valence-electron chi connectivity index (χ0n) is 20.6. The molecule has 0 radical (unpaired) electrons. The Morgan fingerprint density at radius 1 is 0.837 bits per heavy atom. The van der Waals surface area contributed by atoms with Crippen LogP contribution in [0, 0.1) is 0 Å². The Hall–Kier alpha value is -2.95. The second-order valence-electron chi connectivity index (χ2n) is 8.34. The Morgan fingerprint density at radius 2 is 1.42 bits per heavy atom. The number of alkyl halides is 9. The molecule has 3 aromatic rings. The van der Waals surface area contributed by atoms with Gasteiger partial charge in [-0.15, -0.1) is 0 Å². The molecule has 0 aliphatic rings. The van der Waals surface area contributed by atoms with E-state index in [9.17, 15) is 49.1 Å². The highest BCUT2D eigenvalue weighted by Crippen LogP contribution is 2.59. The summed E-state index contributed by atoms with van der Waals surface area (Å²) >= 11 is 20.0. The Balaban J connectivity index is 2.00. The van der Waals surface area contributed by atoms with Crippen LogP contribution in [-0.4, -0.2) is 42.2 Å². The van der Waals surface area contributed by atoms with Crippen LogP contribution >= 0.6 is 50.7 Å². The van der Waals surface area contributed by atoms with E-state index in [0.717, 1.165) is 7.11 Å². The van der Waals surface area contributed by atoms with Gasteiger partial charge >= 0.3 is 23.9 Å². The van der Waals surface area contributed by atoms with Gasteiger partial charge in [0, 0.05) is 15.6 Å². The van der Waals surface area contributed by atoms with Gasteiger partial charge in [-0.1, -0.05) is 40.9 Å². The van der Waals surface area contributed by atoms with E-state index in [1.165, 1.54) is 30.3 Å².